The van der Waals surface area contributed by atoms with E-state index in [1.54, 1.807) is 10.8 Å². The molecule has 1 aliphatic heterocycles. The second kappa shape index (κ2) is 5.51. The van der Waals surface area contributed by atoms with Gasteiger partial charge in [-0.25, -0.2) is 0 Å². The van der Waals surface area contributed by atoms with Crippen LogP contribution in [-0.4, -0.2) is 28.1 Å². The number of aromatic nitrogens is 2. The molecule has 1 aromatic rings. The van der Waals surface area contributed by atoms with Gasteiger partial charge in [-0.05, 0) is 41.5 Å². The third-order valence-electron chi connectivity index (χ3n) is 3.56. The molecule has 0 spiro atoms. The van der Waals surface area contributed by atoms with Crippen molar-refractivity contribution in [3.8, 4) is 0 Å². The van der Waals surface area contributed by atoms with E-state index in [-0.39, 0.29) is 18.3 Å². The molecule has 0 atom stereocenters. The van der Waals surface area contributed by atoms with Crippen LogP contribution in [0.15, 0.2) is 18.9 Å². The second-order valence-corrected chi connectivity index (χ2v) is 5.84. The fourth-order valence-corrected chi connectivity index (χ4v) is 1.82. The molecule has 106 valence electrons. The molecule has 2 heterocycles. The van der Waals surface area contributed by atoms with E-state index in [1.807, 2.05) is 27.1 Å². The van der Waals surface area contributed by atoms with Gasteiger partial charge in [0.15, 0.2) is 0 Å². The Hall–Kier alpha value is -1.07. The molecule has 0 unspecified atom stereocenters. The van der Waals surface area contributed by atoms with E-state index in [1.165, 1.54) is 0 Å². The van der Waals surface area contributed by atoms with Crippen molar-refractivity contribution in [2.75, 3.05) is 0 Å². The third kappa shape index (κ3) is 3.28. The standard InChI is InChI=1S/C11H19BN2O2.C3H6/c1-8-9(7-14(6)13-8)12-15-10(2,3)11(4,5)16-12;1-3-2/h7H,1-6H3;3H,1H2,2H3. The van der Waals surface area contributed by atoms with Gasteiger partial charge in [0.25, 0.3) is 0 Å². The maximum atomic E-state index is 5.97. The van der Waals surface area contributed by atoms with Crippen molar-refractivity contribution in [2.24, 2.45) is 7.05 Å². The van der Waals surface area contributed by atoms with Gasteiger partial charge in [-0.1, -0.05) is 6.08 Å². The van der Waals surface area contributed by atoms with Gasteiger partial charge in [-0.2, -0.15) is 5.10 Å². The summed E-state index contributed by atoms with van der Waals surface area (Å²) >= 11 is 0. The summed E-state index contributed by atoms with van der Waals surface area (Å²) in [7, 11) is 1.60. The van der Waals surface area contributed by atoms with E-state index in [0.717, 1.165) is 11.2 Å². The molecule has 0 saturated carbocycles. The van der Waals surface area contributed by atoms with Gasteiger partial charge in [0.1, 0.15) is 0 Å². The highest BCUT2D eigenvalue weighted by Crippen LogP contribution is 2.36. The normalized spacial score (nSPS) is 19.8. The van der Waals surface area contributed by atoms with E-state index in [9.17, 15) is 0 Å². The Morgan fingerprint density at radius 3 is 2.00 bits per heavy atom. The number of allylic oxidation sites excluding steroid dienone is 1. The molecular formula is C14H25BN2O2. The van der Waals surface area contributed by atoms with Crippen LogP contribution in [0.2, 0.25) is 0 Å². The molecule has 1 saturated heterocycles. The SMILES string of the molecule is C=CC.Cc1nn(C)cc1B1OC(C)(C)C(C)(C)O1. The first-order valence-electron chi connectivity index (χ1n) is 6.57. The highest BCUT2D eigenvalue weighted by molar-refractivity contribution is 6.62. The molecule has 0 amide bonds. The third-order valence-corrected chi connectivity index (χ3v) is 3.56. The summed E-state index contributed by atoms with van der Waals surface area (Å²) in [6.45, 7) is 15.4. The monoisotopic (exact) mass is 264 g/mol. The highest BCUT2D eigenvalue weighted by Gasteiger charge is 2.52. The highest BCUT2D eigenvalue weighted by atomic mass is 16.7. The molecule has 0 radical (unpaired) electrons. The molecule has 1 aromatic heterocycles. The Labute approximate surface area is 116 Å². The summed E-state index contributed by atoms with van der Waals surface area (Å²) in [5.41, 5.74) is 1.39. The minimum Gasteiger partial charge on any atom is -0.399 e. The topological polar surface area (TPSA) is 36.3 Å². The van der Waals surface area contributed by atoms with Crippen molar-refractivity contribution < 1.29 is 9.31 Å². The van der Waals surface area contributed by atoms with Crippen molar-refractivity contribution in [2.45, 2.75) is 52.7 Å². The fraction of sp³-hybridized carbons (Fsp3) is 0.643. The van der Waals surface area contributed by atoms with Gasteiger partial charge in [0.05, 0.1) is 16.9 Å². The number of hydrogen-bond donors (Lipinski definition) is 0. The second-order valence-electron chi connectivity index (χ2n) is 5.84. The molecule has 19 heavy (non-hydrogen) atoms. The van der Waals surface area contributed by atoms with E-state index >= 15 is 0 Å². The van der Waals surface area contributed by atoms with Crippen LogP contribution < -0.4 is 5.46 Å². The zero-order valence-electron chi connectivity index (χ0n) is 13.2. The largest absolute Gasteiger partial charge is 0.498 e. The Balaban J connectivity index is 0.000000550. The van der Waals surface area contributed by atoms with Crippen molar-refractivity contribution in [3.05, 3.63) is 24.5 Å². The molecule has 0 N–H and O–H groups in total. The Bertz CT molecular complexity index is 436. The quantitative estimate of drug-likeness (QED) is 0.576. The van der Waals surface area contributed by atoms with Crippen molar-refractivity contribution >= 4 is 12.6 Å². The zero-order chi connectivity index (χ0) is 14.8. The molecule has 0 bridgehead atoms. The smallest absolute Gasteiger partial charge is 0.399 e. The van der Waals surface area contributed by atoms with Gasteiger partial charge in [0.2, 0.25) is 0 Å². The lowest BCUT2D eigenvalue weighted by Crippen LogP contribution is -2.41. The van der Waals surface area contributed by atoms with Crippen LogP contribution in [-0.2, 0) is 16.4 Å². The van der Waals surface area contributed by atoms with Crippen LogP contribution >= 0.6 is 0 Å². The minimum absolute atomic E-state index is 0.292. The van der Waals surface area contributed by atoms with Crippen LogP contribution in [0.1, 0.15) is 40.3 Å². The van der Waals surface area contributed by atoms with Gasteiger partial charge in [-0.15, -0.1) is 6.58 Å². The summed E-state index contributed by atoms with van der Waals surface area (Å²) in [6, 6.07) is 0. The lowest BCUT2D eigenvalue weighted by Gasteiger charge is -2.32. The molecule has 5 heteroatoms. The van der Waals surface area contributed by atoms with E-state index in [0.29, 0.717) is 0 Å². The number of aryl methyl sites for hydroxylation is 2. The van der Waals surface area contributed by atoms with Crippen molar-refractivity contribution in [1.82, 2.24) is 9.78 Å². The van der Waals surface area contributed by atoms with Crippen LogP contribution in [0.4, 0.5) is 0 Å². The summed E-state index contributed by atoms with van der Waals surface area (Å²) in [5.74, 6) is 0. The molecule has 4 nitrogen and oxygen atoms in total. The van der Waals surface area contributed by atoms with Gasteiger partial charge in [0, 0.05) is 18.7 Å². The number of nitrogens with zero attached hydrogens (tertiary/aromatic N) is 2. The summed E-state index contributed by atoms with van der Waals surface area (Å²) < 4.78 is 13.7. The average Bonchev–Trinajstić information content (AvgIpc) is 2.66. The summed E-state index contributed by atoms with van der Waals surface area (Å²) in [6.07, 6.45) is 3.71. The van der Waals surface area contributed by atoms with Crippen molar-refractivity contribution in [3.63, 3.8) is 0 Å². The first-order chi connectivity index (χ1) is 8.64. The molecule has 0 aromatic carbocycles. The molecule has 0 aliphatic carbocycles. The van der Waals surface area contributed by atoms with Gasteiger partial charge < -0.3 is 9.31 Å². The van der Waals surface area contributed by atoms with Gasteiger partial charge in [-0.3, -0.25) is 4.68 Å². The molecule has 2 rings (SSSR count). The van der Waals surface area contributed by atoms with Crippen LogP contribution in [0.5, 0.6) is 0 Å². The molecule has 1 aliphatic rings. The number of hydrogen-bond acceptors (Lipinski definition) is 3. The molecular weight excluding hydrogens is 239 g/mol. The maximum Gasteiger partial charge on any atom is 0.498 e. The average molecular weight is 264 g/mol. The maximum absolute atomic E-state index is 5.97. The van der Waals surface area contributed by atoms with E-state index in [4.69, 9.17) is 9.31 Å². The predicted octanol–water partition coefficient (Wildman–Crippen LogP) is 2.22. The van der Waals surface area contributed by atoms with Crippen LogP contribution in [0.25, 0.3) is 0 Å². The molecule has 1 fully saturated rings. The summed E-state index contributed by atoms with van der Waals surface area (Å²) in [5, 5.41) is 4.31. The lowest BCUT2D eigenvalue weighted by atomic mass is 9.79. The van der Waals surface area contributed by atoms with E-state index in [2.05, 4.69) is 39.4 Å². The Morgan fingerprint density at radius 2 is 1.68 bits per heavy atom. The van der Waals surface area contributed by atoms with E-state index < -0.39 is 0 Å². The van der Waals surface area contributed by atoms with Crippen LogP contribution in [0.3, 0.4) is 0 Å². The Morgan fingerprint density at radius 1 is 1.26 bits per heavy atom. The van der Waals surface area contributed by atoms with Crippen molar-refractivity contribution in [1.29, 1.82) is 0 Å². The predicted molar refractivity (Wildman–Crippen MR) is 79.5 cm³/mol. The Kier molecular flexibility index (Phi) is 4.64. The lowest BCUT2D eigenvalue weighted by molar-refractivity contribution is 0.00578. The summed E-state index contributed by atoms with van der Waals surface area (Å²) in [4.78, 5) is 0. The van der Waals surface area contributed by atoms with Crippen LogP contribution in [0, 0.1) is 6.92 Å². The fourth-order valence-electron chi connectivity index (χ4n) is 1.82. The number of rotatable bonds is 1. The van der Waals surface area contributed by atoms with Gasteiger partial charge >= 0.3 is 7.12 Å². The zero-order valence-corrected chi connectivity index (χ0v) is 13.2. The minimum atomic E-state index is -0.307. The first-order valence-corrected chi connectivity index (χ1v) is 6.57. The first kappa shape index (κ1) is 16.0.